The van der Waals surface area contributed by atoms with Crippen LogP contribution in [-0.4, -0.2) is 30.8 Å². The van der Waals surface area contributed by atoms with E-state index < -0.39 is 6.43 Å². The normalized spacial score (nSPS) is 11.1. The van der Waals surface area contributed by atoms with Crippen LogP contribution in [0.15, 0.2) is 24.3 Å². The largest absolute Gasteiger partial charge is 0.384 e. The van der Waals surface area contributed by atoms with Crippen molar-refractivity contribution in [2.75, 3.05) is 13.6 Å². The SMILES string of the molecule is CN(Cc1ccc(C(=N)N)cc1)CC(F)F. The summed E-state index contributed by atoms with van der Waals surface area (Å²) < 4.78 is 24.1. The number of nitrogens with one attached hydrogen (secondary N) is 1. The molecule has 1 aromatic rings. The molecule has 0 atom stereocenters. The molecule has 0 saturated heterocycles. The van der Waals surface area contributed by atoms with E-state index in [1.54, 1.807) is 36.2 Å². The van der Waals surface area contributed by atoms with Crippen LogP contribution >= 0.6 is 0 Å². The van der Waals surface area contributed by atoms with Gasteiger partial charge in [-0.3, -0.25) is 10.3 Å². The van der Waals surface area contributed by atoms with Crippen LogP contribution < -0.4 is 5.73 Å². The summed E-state index contributed by atoms with van der Waals surface area (Å²) in [5.74, 6) is 0.00693. The molecule has 3 N–H and O–H groups in total. The lowest BCUT2D eigenvalue weighted by Crippen LogP contribution is -2.24. The monoisotopic (exact) mass is 227 g/mol. The number of nitrogens with zero attached hydrogens (tertiary/aromatic N) is 1. The number of benzene rings is 1. The van der Waals surface area contributed by atoms with Crippen molar-refractivity contribution < 1.29 is 8.78 Å². The summed E-state index contributed by atoms with van der Waals surface area (Å²) in [5.41, 5.74) is 6.87. The van der Waals surface area contributed by atoms with Gasteiger partial charge in [0.15, 0.2) is 0 Å². The summed E-state index contributed by atoms with van der Waals surface area (Å²) in [7, 11) is 1.64. The third-order valence-corrected chi connectivity index (χ3v) is 2.17. The van der Waals surface area contributed by atoms with Gasteiger partial charge in [-0.2, -0.15) is 0 Å². The Labute approximate surface area is 93.4 Å². The van der Waals surface area contributed by atoms with Gasteiger partial charge in [0.25, 0.3) is 6.43 Å². The van der Waals surface area contributed by atoms with Crippen molar-refractivity contribution in [3.05, 3.63) is 35.4 Å². The van der Waals surface area contributed by atoms with Gasteiger partial charge in [-0.25, -0.2) is 8.78 Å². The first-order valence-corrected chi connectivity index (χ1v) is 4.89. The molecule has 0 unspecified atom stereocenters. The average Bonchev–Trinajstić information content (AvgIpc) is 2.16. The Morgan fingerprint density at radius 2 is 1.94 bits per heavy atom. The molecule has 0 spiro atoms. The minimum atomic E-state index is -2.32. The number of hydrogen-bond acceptors (Lipinski definition) is 2. The second-order valence-electron chi connectivity index (χ2n) is 3.70. The fraction of sp³-hybridized carbons (Fsp3) is 0.364. The molecule has 88 valence electrons. The Morgan fingerprint density at radius 3 is 2.38 bits per heavy atom. The second kappa shape index (κ2) is 5.55. The Kier molecular flexibility index (Phi) is 4.37. The van der Waals surface area contributed by atoms with Gasteiger partial charge in [-0.15, -0.1) is 0 Å². The topological polar surface area (TPSA) is 53.1 Å². The van der Waals surface area contributed by atoms with Crippen LogP contribution in [0.25, 0.3) is 0 Å². The standard InChI is InChI=1S/C11H15F2N3/c1-16(7-10(12)13)6-8-2-4-9(5-3-8)11(14)15/h2-5,10H,6-7H2,1H3,(H3,14,15). The van der Waals surface area contributed by atoms with Crippen LogP contribution in [0.4, 0.5) is 8.78 Å². The molecular weight excluding hydrogens is 212 g/mol. The van der Waals surface area contributed by atoms with E-state index in [1.807, 2.05) is 0 Å². The molecule has 0 aliphatic carbocycles. The van der Waals surface area contributed by atoms with Crippen LogP contribution in [-0.2, 0) is 6.54 Å². The van der Waals surface area contributed by atoms with E-state index in [0.717, 1.165) is 5.56 Å². The minimum absolute atomic E-state index is 0.00693. The first-order valence-electron chi connectivity index (χ1n) is 4.89. The molecule has 0 radical (unpaired) electrons. The van der Waals surface area contributed by atoms with Crippen LogP contribution in [0, 0.1) is 5.41 Å². The molecule has 16 heavy (non-hydrogen) atoms. The number of alkyl halides is 2. The highest BCUT2D eigenvalue weighted by atomic mass is 19.3. The predicted molar refractivity (Wildman–Crippen MR) is 59.8 cm³/mol. The molecule has 3 nitrogen and oxygen atoms in total. The Balaban J connectivity index is 2.58. The number of nitrogen functional groups attached to an aromatic ring is 1. The van der Waals surface area contributed by atoms with Crippen molar-refractivity contribution in [3.63, 3.8) is 0 Å². The summed E-state index contributed by atoms with van der Waals surface area (Å²) in [4.78, 5) is 1.55. The quantitative estimate of drug-likeness (QED) is 0.594. The Hall–Kier alpha value is -1.49. The van der Waals surface area contributed by atoms with E-state index in [1.165, 1.54) is 0 Å². The van der Waals surface area contributed by atoms with Gasteiger partial charge in [0, 0.05) is 12.1 Å². The molecule has 1 rings (SSSR count). The molecule has 0 saturated carbocycles. The molecule has 0 aliphatic heterocycles. The number of rotatable bonds is 5. The molecule has 1 aromatic carbocycles. The highest BCUT2D eigenvalue weighted by molar-refractivity contribution is 5.94. The van der Waals surface area contributed by atoms with E-state index in [0.29, 0.717) is 12.1 Å². The van der Waals surface area contributed by atoms with Gasteiger partial charge in [0.05, 0.1) is 6.54 Å². The summed E-state index contributed by atoms with van der Waals surface area (Å²) in [6.07, 6.45) is -2.32. The molecule has 0 aliphatic rings. The Morgan fingerprint density at radius 1 is 1.38 bits per heavy atom. The molecule has 0 amide bonds. The second-order valence-corrected chi connectivity index (χ2v) is 3.70. The van der Waals surface area contributed by atoms with Crippen molar-refractivity contribution in [1.29, 1.82) is 5.41 Å². The number of hydrogen-bond donors (Lipinski definition) is 2. The lowest BCUT2D eigenvalue weighted by Gasteiger charge is -2.15. The lowest BCUT2D eigenvalue weighted by molar-refractivity contribution is 0.0975. The van der Waals surface area contributed by atoms with Crippen LogP contribution in [0.3, 0.4) is 0 Å². The number of amidine groups is 1. The zero-order chi connectivity index (χ0) is 12.1. The van der Waals surface area contributed by atoms with E-state index in [-0.39, 0.29) is 12.4 Å². The number of halogens is 2. The van der Waals surface area contributed by atoms with Crippen molar-refractivity contribution in [2.24, 2.45) is 5.73 Å². The van der Waals surface area contributed by atoms with Crippen LogP contribution in [0.1, 0.15) is 11.1 Å². The van der Waals surface area contributed by atoms with Crippen molar-refractivity contribution in [2.45, 2.75) is 13.0 Å². The summed E-state index contributed by atoms with van der Waals surface area (Å²) in [6.45, 7) is 0.219. The van der Waals surface area contributed by atoms with Crippen molar-refractivity contribution >= 4 is 5.84 Å². The number of nitrogens with two attached hydrogens (primary N) is 1. The fourth-order valence-electron chi connectivity index (χ4n) is 1.40. The molecule has 5 heteroatoms. The molecule has 0 fully saturated rings. The predicted octanol–water partition coefficient (Wildman–Crippen LogP) is 1.67. The van der Waals surface area contributed by atoms with Gasteiger partial charge in [-0.05, 0) is 12.6 Å². The zero-order valence-corrected chi connectivity index (χ0v) is 9.08. The fourth-order valence-corrected chi connectivity index (χ4v) is 1.40. The van der Waals surface area contributed by atoms with Gasteiger partial charge in [0.2, 0.25) is 0 Å². The van der Waals surface area contributed by atoms with E-state index in [2.05, 4.69) is 0 Å². The summed E-state index contributed by atoms with van der Waals surface area (Å²) >= 11 is 0. The highest BCUT2D eigenvalue weighted by Crippen LogP contribution is 2.07. The van der Waals surface area contributed by atoms with E-state index in [9.17, 15) is 8.78 Å². The van der Waals surface area contributed by atoms with E-state index in [4.69, 9.17) is 11.1 Å². The third-order valence-electron chi connectivity index (χ3n) is 2.17. The maximum Gasteiger partial charge on any atom is 0.251 e. The zero-order valence-electron chi connectivity index (χ0n) is 9.08. The first kappa shape index (κ1) is 12.6. The van der Waals surface area contributed by atoms with E-state index >= 15 is 0 Å². The van der Waals surface area contributed by atoms with Gasteiger partial charge < -0.3 is 5.73 Å². The van der Waals surface area contributed by atoms with Gasteiger partial charge >= 0.3 is 0 Å². The average molecular weight is 227 g/mol. The summed E-state index contributed by atoms with van der Waals surface area (Å²) in [6, 6.07) is 7.01. The van der Waals surface area contributed by atoms with Gasteiger partial charge in [-0.1, -0.05) is 24.3 Å². The van der Waals surface area contributed by atoms with Crippen LogP contribution in [0.2, 0.25) is 0 Å². The minimum Gasteiger partial charge on any atom is -0.384 e. The molecule has 0 heterocycles. The van der Waals surface area contributed by atoms with Crippen LogP contribution in [0.5, 0.6) is 0 Å². The highest BCUT2D eigenvalue weighted by Gasteiger charge is 2.08. The smallest absolute Gasteiger partial charge is 0.251 e. The van der Waals surface area contributed by atoms with Crippen molar-refractivity contribution in [3.8, 4) is 0 Å². The maximum atomic E-state index is 12.1. The Bertz CT molecular complexity index is 349. The van der Waals surface area contributed by atoms with Gasteiger partial charge in [0.1, 0.15) is 5.84 Å². The molecule has 0 bridgehead atoms. The first-order chi connectivity index (χ1) is 7.49. The maximum absolute atomic E-state index is 12.1. The summed E-state index contributed by atoms with van der Waals surface area (Å²) in [5, 5.41) is 7.21. The molecule has 0 aromatic heterocycles. The molecular formula is C11H15F2N3. The third kappa shape index (κ3) is 3.94. The lowest BCUT2D eigenvalue weighted by atomic mass is 10.1. The van der Waals surface area contributed by atoms with Crippen molar-refractivity contribution in [1.82, 2.24) is 4.90 Å².